The number of amidine groups is 1. The Morgan fingerprint density at radius 3 is 2.74 bits per heavy atom. The Kier molecular flexibility index (Phi) is 3.80. The highest BCUT2D eigenvalue weighted by molar-refractivity contribution is 5.95. The number of nitrogen functional groups attached to an aromatic ring is 1. The molecule has 0 radical (unpaired) electrons. The Balaban J connectivity index is 2.14. The van der Waals surface area contributed by atoms with Crippen molar-refractivity contribution in [3.63, 3.8) is 0 Å². The number of aryl methyl sites for hydroxylation is 1. The highest BCUT2D eigenvalue weighted by atomic mass is 15.2. The van der Waals surface area contributed by atoms with Crippen LogP contribution in [0.25, 0.3) is 0 Å². The van der Waals surface area contributed by atoms with Crippen molar-refractivity contribution in [3.05, 3.63) is 59.3 Å². The largest absolute Gasteiger partial charge is 0.384 e. The number of benzene rings is 1. The zero-order valence-corrected chi connectivity index (χ0v) is 11.2. The molecule has 0 atom stereocenters. The molecule has 19 heavy (non-hydrogen) atoms. The average Bonchev–Trinajstić information content (AvgIpc) is 2.39. The van der Waals surface area contributed by atoms with E-state index in [4.69, 9.17) is 11.1 Å². The van der Waals surface area contributed by atoms with Gasteiger partial charge in [0.2, 0.25) is 0 Å². The third-order valence-electron chi connectivity index (χ3n) is 2.94. The fourth-order valence-electron chi connectivity index (χ4n) is 1.88. The molecule has 4 nitrogen and oxygen atoms in total. The molecule has 0 unspecified atom stereocenters. The van der Waals surface area contributed by atoms with E-state index < -0.39 is 0 Å². The van der Waals surface area contributed by atoms with Gasteiger partial charge in [0.15, 0.2) is 0 Å². The van der Waals surface area contributed by atoms with Crippen LogP contribution in [0.5, 0.6) is 0 Å². The van der Waals surface area contributed by atoms with Crippen LogP contribution >= 0.6 is 0 Å². The maximum atomic E-state index is 7.45. The fourth-order valence-corrected chi connectivity index (χ4v) is 1.88. The van der Waals surface area contributed by atoms with Crippen molar-refractivity contribution in [3.8, 4) is 0 Å². The molecule has 0 saturated heterocycles. The van der Waals surface area contributed by atoms with E-state index in [-0.39, 0.29) is 5.84 Å². The van der Waals surface area contributed by atoms with Gasteiger partial charge in [-0.05, 0) is 30.2 Å². The molecule has 3 N–H and O–H groups in total. The predicted molar refractivity (Wildman–Crippen MR) is 78.5 cm³/mol. The third kappa shape index (κ3) is 3.31. The Hall–Kier alpha value is -2.36. The number of anilines is 1. The molecule has 1 heterocycles. The van der Waals surface area contributed by atoms with Gasteiger partial charge in [0.1, 0.15) is 11.7 Å². The summed E-state index contributed by atoms with van der Waals surface area (Å²) < 4.78 is 0. The summed E-state index contributed by atoms with van der Waals surface area (Å²) in [5.41, 5.74) is 8.51. The molecular weight excluding hydrogens is 236 g/mol. The van der Waals surface area contributed by atoms with E-state index in [1.807, 2.05) is 56.6 Å². The number of rotatable bonds is 4. The number of nitrogens with zero attached hydrogens (tertiary/aromatic N) is 2. The highest BCUT2D eigenvalue weighted by Crippen LogP contribution is 2.13. The zero-order valence-electron chi connectivity index (χ0n) is 11.2. The summed E-state index contributed by atoms with van der Waals surface area (Å²) in [5.74, 6) is 1.02. The van der Waals surface area contributed by atoms with Crippen LogP contribution in [0.1, 0.15) is 16.7 Å². The van der Waals surface area contributed by atoms with Gasteiger partial charge in [-0.15, -0.1) is 0 Å². The Morgan fingerprint density at radius 2 is 2.11 bits per heavy atom. The lowest BCUT2D eigenvalue weighted by Gasteiger charge is -2.18. The second kappa shape index (κ2) is 5.52. The monoisotopic (exact) mass is 254 g/mol. The smallest absolute Gasteiger partial charge is 0.128 e. The van der Waals surface area contributed by atoms with Gasteiger partial charge in [0, 0.05) is 25.4 Å². The van der Waals surface area contributed by atoms with Crippen molar-refractivity contribution in [2.75, 3.05) is 11.9 Å². The minimum atomic E-state index is 0.0953. The van der Waals surface area contributed by atoms with E-state index >= 15 is 0 Å². The minimum Gasteiger partial charge on any atom is -0.384 e. The molecule has 0 saturated carbocycles. The first kappa shape index (κ1) is 13.1. The van der Waals surface area contributed by atoms with Crippen LogP contribution in [0, 0.1) is 12.3 Å². The second-order valence-corrected chi connectivity index (χ2v) is 4.66. The van der Waals surface area contributed by atoms with Crippen molar-refractivity contribution in [2.45, 2.75) is 13.5 Å². The Morgan fingerprint density at radius 1 is 1.32 bits per heavy atom. The molecule has 0 fully saturated rings. The number of pyridine rings is 1. The van der Waals surface area contributed by atoms with E-state index in [2.05, 4.69) is 9.88 Å². The standard InChI is InChI=1S/C15H18N4/c1-11-6-7-14(18-9-11)19(2)10-12-4-3-5-13(8-12)15(16)17/h3-9H,10H2,1-2H3,(H3,16,17). The van der Waals surface area contributed by atoms with Crippen LogP contribution < -0.4 is 10.6 Å². The van der Waals surface area contributed by atoms with Gasteiger partial charge in [0.25, 0.3) is 0 Å². The molecule has 0 spiro atoms. The van der Waals surface area contributed by atoms with Gasteiger partial charge in [-0.1, -0.05) is 24.3 Å². The van der Waals surface area contributed by atoms with Crippen molar-refractivity contribution in [1.29, 1.82) is 5.41 Å². The molecule has 98 valence electrons. The quantitative estimate of drug-likeness (QED) is 0.650. The van der Waals surface area contributed by atoms with Crippen molar-refractivity contribution in [1.82, 2.24) is 4.98 Å². The molecule has 0 aliphatic rings. The number of aromatic nitrogens is 1. The number of nitrogens with two attached hydrogens (primary N) is 1. The zero-order chi connectivity index (χ0) is 13.8. The summed E-state index contributed by atoms with van der Waals surface area (Å²) in [6.45, 7) is 2.75. The van der Waals surface area contributed by atoms with Gasteiger partial charge in [-0.2, -0.15) is 0 Å². The summed E-state index contributed by atoms with van der Waals surface area (Å²) in [7, 11) is 2.00. The first-order valence-corrected chi connectivity index (χ1v) is 6.13. The van der Waals surface area contributed by atoms with Crippen LogP contribution in [-0.4, -0.2) is 17.9 Å². The van der Waals surface area contributed by atoms with Crippen molar-refractivity contribution < 1.29 is 0 Å². The summed E-state index contributed by atoms with van der Waals surface area (Å²) >= 11 is 0. The summed E-state index contributed by atoms with van der Waals surface area (Å²) in [6, 6.07) is 11.8. The van der Waals surface area contributed by atoms with Gasteiger partial charge in [0.05, 0.1) is 0 Å². The highest BCUT2D eigenvalue weighted by Gasteiger charge is 2.04. The topological polar surface area (TPSA) is 66.0 Å². The second-order valence-electron chi connectivity index (χ2n) is 4.66. The molecule has 4 heteroatoms. The molecule has 0 aliphatic carbocycles. The Bertz CT molecular complexity index is 575. The predicted octanol–water partition coefficient (Wildman–Crippen LogP) is 2.31. The summed E-state index contributed by atoms with van der Waals surface area (Å²) in [5, 5.41) is 7.45. The summed E-state index contributed by atoms with van der Waals surface area (Å²) in [4.78, 5) is 6.46. The van der Waals surface area contributed by atoms with Crippen molar-refractivity contribution in [2.24, 2.45) is 5.73 Å². The lowest BCUT2D eigenvalue weighted by atomic mass is 10.1. The molecule has 2 rings (SSSR count). The van der Waals surface area contributed by atoms with E-state index in [0.29, 0.717) is 0 Å². The van der Waals surface area contributed by atoms with Crippen LogP contribution in [0.4, 0.5) is 5.82 Å². The first-order chi connectivity index (χ1) is 9.06. The lowest BCUT2D eigenvalue weighted by molar-refractivity contribution is 0.896. The van der Waals surface area contributed by atoms with E-state index in [0.717, 1.165) is 29.1 Å². The lowest BCUT2D eigenvalue weighted by Crippen LogP contribution is -2.18. The van der Waals surface area contributed by atoms with E-state index in [1.54, 1.807) is 0 Å². The van der Waals surface area contributed by atoms with E-state index in [1.165, 1.54) is 0 Å². The van der Waals surface area contributed by atoms with Gasteiger partial charge in [-0.3, -0.25) is 5.41 Å². The number of hydrogen-bond acceptors (Lipinski definition) is 3. The summed E-state index contributed by atoms with van der Waals surface area (Å²) in [6.07, 6.45) is 1.86. The first-order valence-electron chi connectivity index (χ1n) is 6.13. The normalized spacial score (nSPS) is 10.2. The van der Waals surface area contributed by atoms with Crippen molar-refractivity contribution >= 4 is 11.7 Å². The van der Waals surface area contributed by atoms with Gasteiger partial charge >= 0.3 is 0 Å². The molecule has 1 aromatic carbocycles. The minimum absolute atomic E-state index is 0.0953. The molecule has 1 aromatic heterocycles. The number of nitrogens with one attached hydrogen (secondary N) is 1. The van der Waals surface area contributed by atoms with Gasteiger partial charge < -0.3 is 10.6 Å². The van der Waals surface area contributed by atoms with Crippen LogP contribution in [0.3, 0.4) is 0 Å². The molecular formula is C15H18N4. The molecule has 0 aliphatic heterocycles. The Labute approximate surface area is 113 Å². The van der Waals surface area contributed by atoms with Crippen LogP contribution in [0.15, 0.2) is 42.6 Å². The van der Waals surface area contributed by atoms with Gasteiger partial charge in [-0.25, -0.2) is 4.98 Å². The molecule has 0 bridgehead atoms. The van der Waals surface area contributed by atoms with Crippen LogP contribution in [-0.2, 0) is 6.54 Å². The maximum absolute atomic E-state index is 7.45. The third-order valence-corrected chi connectivity index (χ3v) is 2.94. The van der Waals surface area contributed by atoms with Crippen LogP contribution in [0.2, 0.25) is 0 Å². The fraction of sp³-hybridized carbons (Fsp3) is 0.200. The number of hydrogen-bond donors (Lipinski definition) is 2. The van der Waals surface area contributed by atoms with E-state index in [9.17, 15) is 0 Å². The average molecular weight is 254 g/mol. The maximum Gasteiger partial charge on any atom is 0.128 e. The molecule has 0 amide bonds. The SMILES string of the molecule is Cc1ccc(N(C)Cc2cccc(C(=N)N)c2)nc1. The molecule has 2 aromatic rings.